The molecule has 3 saturated heterocycles. The zero-order valence-corrected chi connectivity index (χ0v) is 14.8. The summed E-state index contributed by atoms with van der Waals surface area (Å²) >= 11 is 0. The second kappa shape index (κ2) is 7.64. The molecule has 134 valence electrons. The average Bonchev–Trinajstić information content (AvgIpc) is 2.78. The van der Waals surface area contributed by atoms with Crippen LogP contribution in [0.3, 0.4) is 0 Å². The van der Waals surface area contributed by atoms with Crippen LogP contribution >= 0.6 is 0 Å². The number of piperidine rings is 1. The van der Waals surface area contributed by atoms with Gasteiger partial charge in [0.2, 0.25) is 11.8 Å². The van der Waals surface area contributed by atoms with E-state index in [1.807, 2.05) is 6.92 Å². The van der Waals surface area contributed by atoms with E-state index in [2.05, 4.69) is 4.90 Å². The standard InChI is InChI=1S/C18H29N3O3/c1-2-21-16(22)13-15(18(21)24)19-11-7-14(8-12-19)17(23)20-9-5-3-4-6-10-20/h14-15H,2-13H2,1H3/p+1/t15-/m0/s1. The van der Waals surface area contributed by atoms with Gasteiger partial charge in [0.1, 0.15) is 0 Å². The number of amides is 3. The van der Waals surface area contributed by atoms with Crippen molar-refractivity contribution in [2.24, 2.45) is 5.92 Å². The number of carbonyl (C=O) groups excluding carboxylic acids is 3. The lowest BCUT2D eigenvalue weighted by Crippen LogP contribution is -3.17. The van der Waals surface area contributed by atoms with E-state index in [-0.39, 0.29) is 23.8 Å². The van der Waals surface area contributed by atoms with E-state index >= 15 is 0 Å². The molecule has 0 saturated carbocycles. The molecule has 1 N–H and O–H groups in total. The van der Waals surface area contributed by atoms with Gasteiger partial charge in [0.05, 0.1) is 19.5 Å². The van der Waals surface area contributed by atoms with Crippen LogP contribution < -0.4 is 4.90 Å². The summed E-state index contributed by atoms with van der Waals surface area (Å²) in [4.78, 5) is 41.6. The van der Waals surface area contributed by atoms with E-state index in [4.69, 9.17) is 0 Å². The largest absolute Gasteiger partial charge is 0.342 e. The first kappa shape index (κ1) is 17.4. The molecule has 3 heterocycles. The predicted octanol–water partition coefficient (Wildman–Crippen LogP) is -0.169. The molecule has 0 radical (unpaired) electrons. The van der Waals surface area contributed by atoms with E-state index in [0.717, 1.165) is 51.9 Å². The van der Waals surface area contributed by atoms with Crippen molar-refractivity contribution >= 4 is 17.7 Å². The quantitative estimate of drug-likeness (QED) is 0.728. The van der Waals surface area contributed by atoms with E-state index in [0.29, 0.717) is 18.9 Å². The summed E-state index contributed by atoms with van der Waals surface area (Å²) in [5.41, 5.74) is 0. The fourth-order valence-electron chi connectivity index (χ4n) is 4.47. The maximum absolute atomic E-state index is 12.7. The van der Waals surface area contributed by atoms with Crippen molar-refractivity contribution in [2.75, 3.05) is 32.7 Å². The zero-order chi connectivity index (χ0) is 17.1. The lowest BCUT2D eigenvalue weighted by Gasteiger charge is -2.33. The summed E-state index contributed by atoms with van der Waals surface area (Å²) in [7, 11) is 0. The molecule has 3 rings (SSSR count). The highest BCUT2D eigenvalue weighted by Crippen LogP contribution is 2.19. The number of hydrogen-bond donors (Lipinski definition) is 1. The van der Waals surface area contributed by atoms with Gasteiger partial charge in [0.25, 0.3) is 5.91 Å². The van der Waals surface area contributed by atoms with Crippen molar-refractivity contribution in [3.63, 3.8) is 0 Å². The molecule has 1 atom stereocenters. The van der Waals surface area contributed by atoms with Crippen LogP contribution in [0.1, 0.15) is 51.9 Å². The van der Waals surface area contributed by atoms with Crippen LogP contribution in [0, 0.1) is 5.92 Å². The molecule has 6 nitrogen and oxygen atoms in total. The highest BCUT2D eigenvalue weighted by Gasteiger charge is 2.45. The predicted molar refractivity (Wildman–Crippen MR) is 89.3 cm³/mol. The Hall–Kier alpha value is -1.43. The van der Waals surface area contributed by atoms with E-state index in [9.17, 15) is 14.4 Å². The Labute approximate surface area is 144 Å². The van der Waals surface area contributed by atoms with Crippen molar-refractivity contribution in [3.8, 4) is 0 Å². The first-order valence-corrected chi connectivity index (χ1v) is 9.59. The lowest BCUT2D eigenvalue weighted by molar-refractivity contribution is -0.920. The van der Waals surface area contributed by atoms with Gasteiger partial charge in [0.15, 0.2) is 6.04 Å². The fraction of sp³-hybridized carbons (Fsp3) is 0.833. The third kappa shape index (κ3) is 3.48. The molecule has 3 aliphatic rings. The summed E-state index contributed by atoms with van der Waals surface area (Å²) in [5.74, 6) is 0.374. The van der Waals surface area contributed by atoms with Crippen LogP contribution in [0.2, 0.25) is 0 Å². The molecule has 0 bridgehead atoms. The number of nitrogens with zero attached hydrogens (tertiary/aromatic N) is 2. The third-order valence-electron chi connectivity index (χ3n) is 5.95. The number of likely N-dealkylation sites (tertiary alicyclic amines) is 3. The molecule has 0 spiro atoms. The second-order valence-corrected chi connectivity index (χ2v) is 7.40. The molecule has 0 aliphatic carbocycles. The zero-order valence-electron chi connectivity index (χ0n) is 14.8. The van der Waals surface area contributed by atoms with Crippen LogP contribution in [-0.2, 0) is 14.4 Å². The lowest BCUT2D eigenvalue weighted by atomic mass is 9.94. The minimum atomic E-state index is -0.216. The molecule has 0 unspecified atom stereocenters. The van der Waals surface area contributed by atoms with Crippen LogP contribution in [0.4, 0.5) is 0 Å². The summed E-state index contributed by atoms with van der Waals surface area (Å²) in [5, 5.41) is 0. The minimum Gasteiger partial charge on any atom is -0.342 e. The normalized spacial score (nSPS) is 32.1. The van der Waals surface area contributed by atoms with E-state index < -0.39 is 0 Å². The number of quaternary nitrogens is 1. The number of likely N-dealkylation sites (N-methyl/N-ethyl adjacent to an activating group) is 1. The Morgan fingerprint density at radius 2 is 1.71 bits per heavy atom. The molecule has 0 aromatic carbocycles. The van der Waals surface area contributed by atoms with Crippen LogP contribution in [0.25, 0.3) is 0 Å². The van der Waals surface area contributed by atoms with E-state index in [1.54, 1.807) is 0 Å². The Kier molecular flexibility index (Phi) is 5.54. The summed E-state index contributed by atoms with van der Waals surface area (Å²) in [6.07, 6.45) is 6.75. The fourth-order valence-corrected chi connectivity index (χ4v) is 4.47. The van der Waals surface area contributed by atoms with Gasteiger partial charge < -0.3 is 9.80 Å². The molecule has 3 amide bonds. The first-order chi connectivity index (χ1) is 11.6. The van der Waals surface area contributed by atoms with Crippen molar-refractivity contribution < 1.29 is 19.3 Å². The van der Waals surface area contributed by atoms with Crippen LogP contribution in [-0.4, -0.2) is 66.3 Å². The van der Waals surface area contributed by atoms with Crippen molar-refractivity contribution in [1.82, 2.24) is 9.80 Å². The Balaban J connectivity index is 1.53. The smallest absolute Gasteiger partial charge is 0.287 e. The summed E-state index contributed by atoms with van der Waals surface area (Å²) in [6.45, 7) is 5.79. The Bertz CT molecular complexity index is 492. The maximum atomic E-state index is 12.7. The Morgan fingerprint density at radius 3 is 2.25 bits per heavy atom. The van der Waals surface area contributed by atoms with Crippen molar-refractivity contribution in [2.45, 2.75) is 57.9 Å². The number of carbonyl (C=O) groups is 3. The van der Waals surface area contributed by atoms with Crippen molar-refractivity contribution in [1.29, 1.82) is 0 Å². The average molecular weight is 336 g/mol. The molecule has 24 heavy (non-hydrogen) atoms. The number of hydrogen-bond acceptors (Lipinski definition) is 3. The highest BCUT2D eigenvalue weighted by atomic mass is 16.2. The molecule has 3 aliphatic heterocycles. The molecular formula is C18H30N3O3+. The molecule has 6 heteroatoms. The summed E-state index contributed by atoms with van der Waals surface area (Å²) in [6, 6.07) is -0.216. The maximum Gasteiger partial charge on any atom is 0.287 e. The SMILES string of the molecule is CCN1C(=O)C[C@H]([NH+]2CCC(C(=O)N3CCCCCC3)CC2)C1=O. The van der Waals surface area contributed by atoms with Gasteiger partial charge in [-0.05, 0) is 19.8 Å². The van der Waals surface area contributed by atoms with Gasteiger partial charge in [-0.15, -0.1) is 0 Å². The topological polar surface area (TPSA) is 62.1 Å². The third-order valence-corrected chi connectivity index (χ3v) is 5.95. The number of nitrogens with one attached hydrogen (secondary N) is 1. The highest BCUT2D eigenvalue weighted by molar-refractivity contribution is 6.04. The molecular weight excluding hydrogens is 306 g/mol. The van der Waals surface area contributed by atoms with Gasteiger partial charge in [-0.2, -0.15) is 0 Å². The first-order valence-electron chi connectivity index (χ1n) is 9.59. The number of rotatable bonds is 3. The molecule has 3 fully saturated rings. The minimum absolute atomic E-state index is 0.0187. The van der Waals surface area contributed by atoms with Gasteiger partial charge >= 0.3 is 0 Å². The van der Waals surface area contributed by atoms with E-state index in [1.165, 1.54) is 22.6 Å². The monoisotopic (exact) mass is 336 g/mol. The van der Waals surface area contributed by atoms with Crippen LogP contribution in [0.5, 0.6) is 0 Å². The van der Waals surface area contributed by atoms with Crippen molar-refractivity contribution in [3.05, 3.63) is 0 Å². The second-order valence-electron chi connectivity index (χ2n) is 7.40. The van der Waals surface area contributed by atoms with Gasteiger partial charge in [-0.25, -0.2) is 0 Å². The molecule has 0 aromatic rings. The van der Waals surface area contributed by atoms with Gasteiger partial charge in [0, 0.05) is 38.4 Å². The molecule has 0 aromatic heterocycles. The Morgan fingerprint density at radius 1 is 1.08 bits per heavy atom. The van der Waals surface area contributed by atoms with Gasteiger partial charge in [-0.3, -0.25) is 19.3 Å². The summed E-state index contributed by atoms with van der Waals surface area (Å²) < 4.78 is 0. The van der Waals surface area contributed by atoms with Crippen LogP contribution in [0.15, 0.2) is 0 Å². The number of imide groups is 1. The van der Waals surface area contributed by atoms with Gasteiger partial charge in [-0.1, -0.05) is 12.8 Å².